The van der Waals surface area contributed by atoms with E-state index in [9.17, 15) is 4.79 Å². The molecule has 0 fully saturated rings. The van der Waals surface area contributed by atoms with Gasteiger partial charge in [0.1, 0.15) is 0 Å². The van der Waals surface area contributed by atoms with E-state index in [-0.39, 0.29) is 6.17 Å². The first-order chi connectivity index (χ1) is 4.74. The minimum absolute atomic E-state index is 0.353. The lowest BCUT2D eigenvalue weighted by Crippen LogP contribution is -2.40. The molecular formula is C6H11N3O. The molecule has 1 heterocycles. The van der Waals surface area contributed by atoms with Crippen molar-refractivity contribution in [1.82, 2.24) is 4.90 Å². The fraction of sp³-hybridized carbons (Fsp3) is 0.667. The number of aldehydes is 1. The van der Waals surface area contributed by atoms with Gasteiger partial charge in [-0.2, -0.15) is 0 Å². The lowest BCUT2D eigenvalue weighted by Gasteiger charge is -2.24. The molecule has 1 aliphatic heterocycles. The van der Waals surface area contributed by atoms with Crippen molar-refractivity contribution < 1.29 is 4.79 Å². The highest BCUT2D eigenvalue weighted by Gasteiger charge is 2.16. The van der Waals surface area contributed by atoms with Crippen molar-refractivity contribution in [3.63, 3.8) is 0 Å². The molecule has 0 aromatic rings. The Labute approximate surface area is 59.7 Å². The molecule has 1 aliphatic rings. The topological polar surface area (TPSA) is 58.7 Å². The van der Waals surface area contributed by atoms with E-state index in [1.165, 1.54) is 0 Å². The zero-order valence-corrected chi connectivity index (χ0v) is 5.95. The van der Waals surface area contributed by atoms with Gasteiger partial charge >= 0.3 is 0 Å². The minimum Gasteiger partial charge on any atom is -0.387 e. The Morgan fingerprint density at radius 3 is 3.10 bits per heavy atom. The van der Waals surface area contributed by atoms with Gasteiger partial charge in [0.2, 0.25) is 0 Å². The number of carbonyl (C=O) groups excluding carboxylic acids is 1. The summed E-state index contributed by atoms with van der Waals surface area (Å²) in [6, 6.07) is 0. The van der Waals surface area contributed by atoms with Gasteiger partial charge in [-0.25, -0.2) is 4.99 Å². The van der Waals surface area contributed by atoms with Crippen molar-refractivity contribution in [2.24, 2.45) is 10.7 Å². The van der Waals surface area contributed by atoms with Gasteiger partial charge in [-0.05, 0) is 7.05 Å². The first-order valence-electron chi connectivity index (χ1n) is 3.21. The van der Waals surface area contributed by atoms with Gasteiger partial charge in [0.15, 0.2) is 12.5 Å². The van der Waals surface area contributed by atoms with Crippen molar-refractivity contribution >= 4 is 12.1 Å². The van der Waals surface area contributed by atoms with Crippen LogP contribution < -0.4 is 5.73 Å². The number of nitrogens with zero attached hydrogens (tertiary/aromatic N) is 2. The monoisotopic (exact) mass is 141 g/mol. The maximum atomic E-state index is 10.3. The quantitative estimate of drug-likeness (QED) is 0.486. The highest BCUT2D eigenvalue weighted by Crippen LogP contribution is 2.03. The number of hydrogen-bond acceptors (Lipinski definition) is 4. The summed E-state index contributed by atoms with van der Waals surface area (Å²) >= 11 is 0. The molecule has 56 valence electrons. The molecule has 0 aromatic heterocycles. The van der Waals surface area contributed by atoms with Crippen LogP contribution in [0.5, 0.6) is 0 Å². The number of likely N-dealkylation sites (N-methyl/N-ethyl adjacent to an activating group) is 1. The highest BCUT2D eigenvalue weighted by molar-refractivity contribution is 5.83. The second-order valence-electron chi connectivity index (χ2n) is 2.40. The average Bonchev–Trinajstić information content (AvgIpc) is 1.94. The number of hydrogen-bond donors (Lipinski definition) is 1. The van der Waals surface area contributed by atoms with Crippen LogP contribution in [0.2, 0.25) is 0 Å². The molecule has 0 bridgehead atoms. The van der Waals surface area contributed by atoms with Crippen molar-refractivity contribution in [2.45, 2.75) is 12.6 Å². The van der Waals surface area contributed by atoms with Crippen LogP contribution in [-0.4, -0.2) is 36.8 Å². The molecule has 0 aromatic carbocycles. The summed E-state index contributed by atoms with van der Waals surface area (Å²) in [5.41, 5.74) is 5.43. The van der Waals surface area contributed by atoms with E-state index >= 15 is 0 Å². The van der Waals surface area contributed by atoms with Gasteiger partial charge < -0.3 is 5.73 Å². The van der Waals surface area contributed by atoms with Gasteiger partial charge in [0, 0.05) is 13.0 Å². The van der Waals surface area contributed by atoms with Crippen LogP contribution in [0.3, 0.4) is 0 Å². The zero-order valence-electron chi connectivity index (χ0n) is 5.95. The Morgan fingerprint density at radius 2 is 2.60 bits per heavy atom. The summed E-state index contributed by atoms with van der Waals surface area (Å²) in [6.07, 6.45) is 1.21. The normalized spacial score (nSPS) is 27.7. The lowest BCUT2D eigenvalue weighted by molar-refractivity contribution is -0.111. The van der Waals surface area contributed by atoms with E-state index in [1.54, 1.807) is 0 Å². The summed E-state index contributed by atoms with van der Waals surface area (Å²) in [5.74, 6) is 0.579. The molecule has 1 rings (SSSR count). The number of rotatable bonds is 1. The van der Waals surface area contributed by atoms with E-state index in [1.807, 2.05) is 11.9 Å². The summed E-state index contributed by atoms with van der Waals surface area (Å²) in [6.45, 7) is 0.818. The van der Waals surface area contributed by atoms with E-state index in [2.05, 4.69) is 4.99 Å². The second kappa shape index (κ2) is 2.79. The van der Waals surface area contributed by atoms with Gasteiger partial charge in [0.25, 0.3) is 0 Å². The first kappa shape index (κ1) is 7.21. The molecule has 0 amide bonds. The SMILES string of the molecule is CN1CCC(N)=NC1C=O. The molecule has 4 heteroatoms. The molecule has 0 saturated heterocycles. The molecule has 1 atom stereocenters. The Bertz CT molecular complexity index is 166. The minimum atomic E-state index is -0.353. The molecule has 0 radical (unpaired) electrons. The molecule has 2 N–H and O–H groups in total. The molecule has 0 aliphatic carbocycles. The second-order valence-corrected chi connectivity index (χ2v) is 2.40. The van der Waals surface area contributed by atoms with Gasteiger partial charge in [-0.3, -0.25) is 9.69 Å². The average molecular weight is 141 g/mol. The van der Waals surface area contributed by atoms with E-state index in [0.717, 1.165) is 19.3 Å². The van der Waals surface area contributed by atoms with Crippen LogP contribution in [0.1, 0.15) is 6.42 Å². The third-order valence-electron chi connectivity index (χ3n) is 1.59. The van der Waals surface area contributed by atoms with Gasteiger partial charge in [-0.15, -0.1) is 0 Å². The third kappa shape index (κ3) is 1.33. The largest absolute Gasteiger partial charge is 0.387 e. The third-order valence-corrected chi connectivity index (χ3v) is 1.59. The van der Waals surface area contributed by atoms with E-state index in [4.69, 9.17) is 5.73 Å². The fourth-order valence-corrected chi connectivity index (χ4v) is 0.890. The molecule has 4 nitrogen and oxygen atoms in total. The summed E-state index contributed by atoms with van der Waals surface area (Å²) < 4.78 is 0. The van der Waals surface area contributed by atoms with Gasteiger partial charge in [-0.1, -0.05) is 0 Å². The number of amidine groups is 1. The summed E-state index contributed by atoms with van der Waals surface area (Å²) in [5, 5.41) is 0. The van der Waals surface area contributed by atoms with Crippen LogP contribution in [0.4, 0.5) is 0 Å². The number of nitrogens with two attached hydrogens (primary N) is 1. The predicted octanol–water partition coefficient (Wildman–Crippen LogP) is -0.796. The smallest absolute Gasteiger partial charge is 0.160 e. The van der Waals surface area contributed by atoms with Crippen LogP contribution in [0, 0.1) is 0 Å². The maximum absolute atomic E-state index is 10.3. The molecule has 0 spiro atoms. The Hall–Kier alpha value is -0.900. The van der Waals surface area contributed by atoms with Crippen LogP contribution in [0.25, 0.3) is 0 Å². The predicted molar refractivity (Wildman–Crippen MR) is 38.7 cm³/mol. The fourth-order valence-electron chi connectivity index (χ4n) is 0.890. The van der Waals surface area contributed by atoms with Crippen molar-refractivity contribution in [3.8, 4) is 0 Å². The summed E-state index contributed by atoms with van der Waals surface area (Å²) in [4.78, 5) is 16.1. The first-order valence-corrected chi connectivity index (χ1v) is 3.21. The highest BCUT2D eigenvalue weighted by atomic mass is 16.1. The van der Waals surface area contributed by atoms with Crippen molar-refractivity contribution in [3.05, 3.63) is 0 Å². The Kier molecular flexibility index (Phi) is 2.01. The van der Waals surface area contributed by atoms with Crippen molar-refractivity contribution in [2.75, 3.05) is 13.6 Å². The molecular weight excluding hydrogens is 130 g/mol. The van der Waals surface area contributed by atoms with Crippen LogP contribution >= 0.6 is 0 Å². The lowest BCUT2D eigenvalue weighted by atomic mass is 10.3. The zero-order chi connectivity index (χ0) is 7.56. The molecule has 1 unspecified atom stereocenters. The summed E-state index contributed by atoms with van der Waals surface area (Å²) in [7, 11) is 1.86. The Morgan fingerprint density at radius 1 is 1.90 bits per heavy atom. The van der Waals surface area contributed by atoms with E-state index in [0.29, 0.717) is 5.84 Å². The van der Waals surface area contributed by atoms with Crippen molar-refractivity contribution in [1.29, 1.82) is 0 Å². The maximum Gasteiger partial charge on any atom is 0.160 e. The van der Waals surface area contributed by atoms with Crippen LogP contribution in [-0.2, 0) is 4.79 Å². The standard InChI is InChI=1S/C6H11N3O/c1-9-3-2-5(7)8-6(9)4-10/h4,6H,2-3H2,1H3,(H2,7,8). The molecule has 10 heavy (non-hydrogen) atoms. The van der Waals surface area contributed by atoms with E-state index < -0.39 is 0 Å². The number of carbonyl (C=O) groups is 1. The Balaban J connectivity index is 2.67. The molecule has 0 saturated carbocycles. The van der Waals surface area contributed by atoms with Crippen LogP contribution in [0.15, 0.2) is 4.99 Å². The number of aliphatic imine (C=N–C) groups is 1. The van der Waals surface area contributed by atoms with Gasteiger partial charge in [0.05, 0.1) is 5.84 Å².